The van der Waals surface area contributed by atoms with Crippen LogP contribution < -0.4 is 11.1 Å². The summed E-state index contributed by atoms with van der Waals surface area (Å²) < 4.78 is 5.34. The van der Waals surface area contributed by atoms with Crippen molar-refractivity contribution in [2.75, 3.05) is 12.3 Å². The molecule has 108 valence electrons. The fraction of sp³-hybridized carbons (Fsp3) is 0.467. The van der Waals surface area contributed by atoms with Gasteiger partial charge in [0.15, 0.2) is 6.10 Å². The Kier molecular flexibility index (Phi) is 4.27. The van der Waals surface area contributed by atoms with Crippen LogP contribution in [0.2, 0.25) is 0 Å². The van der Waals surface area contributed by atoms with E-state index in [0.29, 0.717) is 24.2 Å². The molecule has 20 heavy (non-hydrogen) atoms. The Morgan fingerprint density at radius 1 is 1.30 bits per heavy atom. The van der Waals surface area contributed by atoms with E-state index in [9.17, 15) is 9.59 Å². The van der Waals surface area contributed by atoms with Crippen LogP contribution in [0, 0.1) is 13.8 Å². The molecule has 1 unspecified atom stereocenters. The molecule has 2 rings (SSSR count). The summed E-state index contributed by atoms with van der Waals surface area (Å²) in [6.07, 6.45) is 1.65. The summed E-state index contributed by atoms with van der Waals surface area (Å²) in [5, 5.41) is 2.75. The Balaban J connectivity index is 2.15. The number of benzene rings is 1. The molecular formula is C15H20N2O3. The molecule has 1 fully saturated rings. The summed E-state index contributed by atoms with van der Waals surface area (Å²) in [6, 6.07) is 3.46. The predicted molar refractivity (Wildman–Crippen MR) is 76.4 cm³/mol. The number of hydrogen-bond donors (Lipinski definition) is 2. The molecular weight excluding hydrogens is 256 g/mol. The minimum absolute atomic E-state index is 0.214. The number of carbonyl (C=O) groups is 2. The monoisotopic (exact) mass is 276 g/mol. The van der Waals surface area contributed by atoms with Gasteiger partial charge in [-0.25, -0.2) is 4.79 Å². The molecule has 0 spiro atoms. The van der Waals surface area contributed by atoms with Crippen LogP contribution in [0.1, 0.15) is 40.7 Å². The topological polar surface area (TPSA) is 81.4 Å². The van der Waals surface area contributed by atoms with E-state index >= 15 is 0 Å². The average molecular weight is 276 g/mol. The maximum Gasteiger partial charge on any atom is 0.339 e. The van der Waals surface area contributed by atoms with Crippen molar-refractivity contribution in [3.8, 4) is 0 Å². The maximum absolute atomic E-state index is 12.2. The quantitative estimate of drug-likeness (QED) is 0.636. The molecule has 1 aliphatic heterocycles. The van der Waals surface area contributed by atoms with E-state index in [1.807, 2.05) is 19.9 Å². The first-order valence-electron chi connectivity index (χ1n) is 6.84. The van der Waals surface area contributed by atoms with Crippen LogP contribution in [0.15, 0.2) is 12.1 Å². The van der Waals surface area contributed by atoms with Crippen molar-refractivity contribution < 1.29 is 14.3 Å². The SMILES string of the molecule is Cc1cc(C)c(C(=O)OC2CCCCNC2=O)cc1N. The molecule has 5 nitrogen and oxygen atoms in total. The lowest BCUT2D eigenvalue weighted by Gasteiger charge is -2.16. The highest BCUT2D eigenvalue weighted by Gasteiger charge is 2.25. The Morgan fingerprint density at radius 3 is 2.80 bits per heavy atom. The first kappa shape index (κ1) is 14.4. The summed E-state index contributed by atoms with van der Waals surface area (Å²) in [5.41, 5.74) is 8.52. The van der Waals surface area contributed by atoms with Gasteiger partial charge in [-0.3, -0.25) is 4.79 Å². The summed E-state index contributed by atoms with van der Waals surface area (Å²) >= 11 is 0. The van der Waals surface area contributed by atoms with Crippen molar-refractivity contribution in [1.82, 2.24) is 5.32 Å². The van der Waals surface area contributed by atoms with Crippen molar-refractivity contribution in [2.24, 2.45) is 0 Å². The zero-order valence-corrected chi connectivity index (χ0v) is 11.9. The van der Waals surface area contributed by atoms with Crippen molar-refractivity contribution in [2.45, 2.75) is 39.2 Å². The molecule has 1 aliphatic rings. The van der Waals surface area contributed by atoms with E-state index in [1.165, 1.54) is 0 Å². The van der Waals surface area contributed by atoms with Crippen molar-refractivity contribution in [3.63, 3.8) is 0 Å². The first-order chi connectivity index (χ1) is 9.49. The minimum atomic E-state index is -0.702. The van der Waals surface area contributed by atoms with Gasteiger partial charge in [0.25, 0.3) is 5.91 Å². The van der Waals surface area contributed by atoms with Crippen molar-refractivity contribution in [1.29, 1.82) is 0 Å². The summed E-state index contributed by atoms with van der Waals surface area (Å²) in [4.78, 5) is 24.0. The molecule has 0 saturated carbocycles. The standard InChI is InChI=1S/C15H20N2O3/c1-9-7-10(2)12(16)8-11(9)15(19)20-13-5-3-4-6-17-14(13)18/h7-8,13H,3-6,16H2,1-2H3,(H,17,18). The van der Waals surface area contributed by atoms with Crippen molar-refractivity contribution in [3.05, 3.63) is 28.8 Å². The van der Waals surface area contributed by atoms with Crippen LogP contribution in [0.25, 0.3) is 0 Å². The molecule has 1 heterocycles. The lowest BCUT2D eigenvalue weighted by Crippen LogP contribution is -2.36. The van der Waals surface area contributed by atoms with Gasteiger partial charge in [0, 0.05) is 12.2 Å². The maximum atomic E-state index is 12.2. The number of rotatable bonds is 2. The molecule has 1 amide bonds. The largest absolute Gasteiger partial charge is 0.449 e. The molecule has 3 N–H and O–H groups in total. The summed E-state index contributed by atoms with van der Waals surface area (Å²) in [5.74, 6) is -0.704. The van der Waals surface area contributed by atoms with Gasteiger partial charge in [-0.1, -0.05) is 6.07 Å². The van der Waals surface area contributed by atoms with E-state index < -0.39 is 12.1 Å². The van der Waals surface area contributed by atoms with Crippen LogP contribution in [-0.2, 0) is 9.53 Å². The Morgan fingerprint density at radius 2 is 2.05 bits per heavy atom. The number of nitrogens with two attached hydrogens (primary N) is 1. The predicted octanol–water partition coefficient (Wildman–Crippen LogP) is 1.71. The van der Waals surface area contributed by atoms with Crippen LogP contribution >= 0.6 is 0 Å². The zero-order chi connectivity index (χ0) is 14.7. The normalized spacial score (nSPS) is 19.1. The molecule has 1 aromatic carbocycles. The fourth-order valence-corrected chi connectivity index (χ4v) is 2.31. The molecule has 0 aromatic heterocycles. The summed E-state index contributed by atoms with van der Waals surface area (Å²) in [6.45, 7) is 4.36. The number of anilines is 1. The lowest BCUT2D eigenvalue weighted by atomic mass is 10.0. The second-order valence-corrected chi connectivity index (χ2v) is 5.20. The number of esters is 1. The smallest absolute Gasteiger partial charge is 0.339 e. The van der Waals surface area contributed by atoms with E-state index in [0.717, 1.165) is 24.0 Å². The van der Waals surface area contributed by atoms with Gasteiger partial charge in [0.2, 0.25) is 0 Å². The molecule has 0 radical (unpaired) electrons. The van der Waals surface area contributed by atoms with Gasteiger partial charge in [-0.05, 0) is 50.3 Å². The third-order valence-electron chi connectivity index (χ3n) is 3.57. The zero-order valence-electron chi connectivity index (χ0n) is 11.9. The van der Waals surface area contributed by atoms with E-state index in [4.69, 9.17) is 10.5 Å². The second kappa shape index (κ2) is 5.94. The molecule has 0 bridgehead atoms. The van der Waals surface area contributed by atoms with Crippen LogP contribution in [-0.4, -0.2) is 24.5 Å². The second-order valence-electron chi connectivity index (χ2n) is 5.20. The molecule has 1 atom stereocenters. The third kappa shape index (κ3) is 3.10. The number of ether oxygens (including phenoxy) is 1. The lowest BCUT2D eigenvalue weighted by molar-refractivity contribution is -0.129. The number of nitrogens with one attached hydrogen (secondary N) is 1. The highest BCUT2D eigenvalue weighted by Crippen LogP contribution is 2.20. The van der Waals surface area contributed by atoms with Gasteiger partial charge in [0.1, 0.15) is 0 Å². The highest BCUT2D eigenvalue weighted by molar-refractivity contribution is 5.94. The Hall–Kier alpha value is -2.04. The molecule has 1 aromatic rings. The van der Waals surface area contributed by atoms with E-state index in [2.05, 4.69) is 5.32 Å². The van der Waals surface area contributed by atoms with Crippen molar-refractivity contribution >= 4 is 17.6 Å². The number of aryl methyl sites for hydroxylation is 2. The Bertz CT molecular complexity index is 540. The number of hydrogen-bond acceptors (Lipinski definition) is 4. The van der Waals surface area contributed by atoms with Crippen LogP contribution in [0.5, 0.6) is 0 Å². The molecule has 5 heteroatoms. The van der Waals surface area contributed by atoms with Gasteiger partial charge in [-0.2, -0.15) is 0 Å². The van der Waals surface area contributed by atoms with E-state index in [1.54, 1.807) is 6.07 Å². The fourth-order valence-electron chi connectivity index (χ4n) is 2.31. The minimum Gasteiger partial charge on any atom is -0.449 e. The number of nitrogen functional groups attached to an aromatic ring is 1. The van der Waals surface area contributed by atoms with E-state index in [-0.39, 0.29) is 5.91 Å². The third-order valence-corrected chi connectivity index (χ3v) is 3.57. The number of carbonyl (C=O) groups excluding carboxylic acids is 2. The number of amides is 1. The molecule has 0 aliphatic carbocycles. The van der Waals surface area contributed by atoms with Gasteiger partial charge in [-0.15, -0.1) is 0 Å². The van der Waals surface area contributed by atoms with Gasteiger partial charge >= 0.3 is 5.97 Å². The van der Waals surface area contributed by atoms with Gasteiger partial charge in [0.05, 0.1) is 5.56 Å². The first-order valence-corrected chi connectivity index (χ1v) is 6.84. The summed E-state index contributed by atoms with van der Waals surface area (Å²) in [7, 11) is 0. The van der Waals surface area contributed by atoms with Crippen LogP contribution in [0.3, 0.4) is 0 Å². The van der Waals surface area contributed by atoms with Gasteiger partial charge < -0.3 is 15.8 Å². The van der Waals surface area contributed by atoms with Crippen LogP contribution in [0.4, 0.5) is 5.69 Å². The Labute approximate surface area is 118 Å². The highest BCUT2D eigenvalue weighted by atomic mass is 16.5. The average Bonchev–Trinajstić information content (AvgIpc) is 2.59. The molecule has 1 saturated heterocycles.